The molecule has 0 aromatic heterocycles. The summed E-state index contributed by atoms with van der Waals surface area (Å²) in [6.45, 7) is 10.2. The van der Waals surface area contributed by atoms with Crippen molar-refractivity contribution in [3.05, 3.63) is 29.6 Å². The lowest BCUT2D eigenvalue weighted by molar-refractivity contribution is 0.498. The van der Waals surface area contributed by atoms with Gasteiger partial charge in [-0.15, -0.1) is 0 Å². The van der Waals surface area contributed by atoms with E-state index in [0.717, 1.165) is 25.1 Å². The predicted octanol–water partition coefficient (Wildman–Crippen LogP) is 3.81. The maximum Gasteiger partial charge on any atom is 0.146 e. The molecule has 0 fully saturated rings. The van der Waals surface area contributed by atoms with Crippen molar-refractivity contribution >= 4 is 5.69 Å². The van der Waals surface area contributed by atoms with Gasteiger partial charge in [0.1, 0.15) is 5.82 Å². The third-order valence-corrected chi connectivity index (χ3v) is 3.44. The van der Waals surface area contributed by atoms with Gasteiger partial charge >= 0.3 is 0 Å². The molecule has 1 rings (SSSR count). The van der Waals surface area contributed by atoms with Crippen molar-refractivity contribution in [3.8, 4) is 0 Å². The maximum atomic E-state index is 14.2. The van der Waals surface area contributed by atoms with Crippen molar-refractivity contribution in [2.24, 2.45) is 5.92 Å². The molecular formula is C16H27FN2. The van der Waals surface area contributed by atoms with Gasteiger partial charge in [-0.1, -0.05) is 26.8 Å². The van der Waals surface area contributed by atoms with Crippen LogP contribution in [0.2, 0.25) is 0 Å². The van der Waals surface area contributed by atoms with Gasteiger partial charge in [-0.25, -0.2) is 4.39 Å². The zero-order valence-corrected chi connectivity index (χ0v) is 12.8. The Morgan fingerprint density at radius 3 is 2.47 bits per heavy atom. The van der Waals surface area contributed by atoms with E-state index < -0.39 is 0 Å². The third kappa shape index (κ3) is 4.83. The van der Waals surface area contributed by atoms with Crippen LogP contribution < -0.4 is 10.2 Å². The van der Waals surface area contributed by atoms with Crippen molar-refractivity contribution in [1.29, 1.82) is 0 Å². The molecule has 2 nitrogen and oxygen atoms in total. The zero-order chi connectivity index (χ0) is 14.4. The number of rotatable bonds is 7. The summed E-state index contributed by atoms with van der Waals surface area (Å²) in [7, 11) is 1.97. The summed E-state index contributed by atoms with van der Waals surface area (Å²) in [5.41, 5.74) is 1.68. The van der Waals surface area contributed by atoms with Crippen molar-refractivity contribution in [2.75, 3.05) is 18.5 Å². The molecule has 0 radical (unpaired) electrons. The molecule has 0 spiro atoms. The second kappa shape index (κ2) is 7.49. The van der Waals surface area contributed by atoms with Crippen LogP contribution in [-0.4, -0.2) is 19.6 Å². The lowest BCUT2D eigenvalue weighted by Crippen LogP contribution is -2.30. The molecule has 0 saturated carbocycles. The number of hydrogen-bond donors (Lipinski definition) is 1. The van der Waals surface area contributed by atoms with E-state index in [2.05, 4.69) is 26.1 Å². The third-order valence-electron chi connectivity index (χ3n) is 3.44. The number of anilines is 1. The van der Waals surface area contributed by atoms with E-state index in [-0.39, 0.29) is 5.82 Å². The first-order chi connectivity index (χ1) is 8.95. The Hall–Kier alpha value is -1.09. The van der Waals surface area contributed by atoms with Crippen LogP contribution in [0.1, 0.15) is 39.7 Å². The Labute approximate surface area is 117 Å². The monoisotopic (exact) mass is 266 g/mol. The molecule has 19 heavy (non-hydrogen) atoms. The Balaban J connectivity index is 2.77. The molecule has 0 aliphatic heterocycles. The van der Waals surface area contributed by atoms with Crippen LogP contribution in [0.4, 0.5) is 10.1 Å². The van der Waals surface area contributed by atoms with Gasteiger partial charge in [0.15, 0.2) is 0 Å². The van der Waals surface area contributed by atoms with Crippen LogP contribution in [0.3, 0.4) is 0 Å². The topological polar surface area (TPSA) is 15.3 Å². The molecule has 0 heterocycles. The van der Waals surface area contributed by atoms with Gasteiger partial charge in [-0.05, 0) is 43.5 Å². The lowest BCUT2D eigenvalue weighted by Gasteiger charge is -2.28. The van der Waals surface area contributed by atoms with E-state index in [1.807, 2.05) is 31.0 Å². The highest BCUT2D eigenvalue weighted by Gasteiger charge is 2.15. The summed E-state index contributed by atoms with van der Waals surface area (Å²) in [5.74, 6) is 0.488. The number of benzene rings is 1. The van der Waals surface area contributed by atoms with Crippen molar-refractivity contribution < 1.29 is 4.39 Å². The van der Waals surface area contributed by atoms with Gasteiger partial charge < -0.3 is 10.2 Å². The van der Waals surface area contributed by atoms with E-state index in [9.17, 15) is 4.39 Å². The highest BCUT2D eigenvalue weighted by Crippen LogP contribution is 2.23. The Kier molecular flexibility index (Phi) is 6.29. The quantitative estimate of drug-likeness (QED) is 0.807. The summed E-state index contributed by atoms with van der Waals surface area (Å²) in [4.78, 5) is 2.03. The van der Waals surface area contributed by atoms with Crippen LogP contribution in [0.15, 0.2) is 18.2 Å². The van der Waals surface area contributed by atoms with Crippen LogP contribution in [0.25, 0.3) is 0 Å². The standard InChI is InChI=1S/C16H27FN2/c1-6-18-11-14-7-8-16(15(17)10-14)19(5)13(4)9-12(2)3/h7-8,10,12-13,18H,6,9,11H2,1-5H3. The van der Waals surface area contributed by atoms with Crippen LogP contribution >= 0.6 is 0 Å². The summed E-state index contributed by atoms with van der Waals surface area (Å²) in [6, 6.07) is 5.86. The highest BCUT2D eigenvalue weighted by molar-refractivity contribution is 5.49. The normalized spacial score (nSPS) is 12.8. The van der Waals surface area contributed by atoms with E-state index in [1.54, 1.807) is 6.07 Å². The smallest absolute Gasteiger partial charge is 0.146 e. The zero-order valence-electron chi connectivity index (χ0n) is 12.8. The van der Waals surface area contributed by atoms with E-state index >= 15 is 0 Å². The summed E-state index contributed by atoms with van der Waals surface area (Å²) in [5, 5.41) is 3.21. The maximum absolute atomic E-state index is 14.2. The van der Waals surface area contributed by atoms with Gasteiger partial charge in [0.05, 0.1) is 5.69 Å². The molecule has 0 bridgehead atoms. The second-order valence-corrected chi connectivity index (χ2v) is 5.66. The molecule has 1 N–H and O–H groups in total. The minimum absolute atomic E-state index is 0.131. The van der Waals surface area contributed by atoms with Gasteiger partial charge in [-0.3, -0.25) is 0 Å². The molecule has 0 saturated heterocycles. The molecule has 1 atom stereocenters. The Bertz CT molecular complexity index is 390. The molecular weight excluding hydrogens is 239 g/mol. The molecule has 108 valence electrons. The number of hydrogen-bond acceptors (Lipinski definition) is 2. The van der Waals surface area contributed by atoms with Crippen LogP contribution in [-0.2, 0) is 6.54 Å². The van der Waals surface area contributed by atoms with Gasteiger partial charge in [0.2, 0.25) is 0 Å². The minimum atomic E-state index is -0.131. The first-order valence-corrected chi connectivity index (χ1v) is 7.17. The predicted molar refractivity (Wildman–Crippen MR) is 81.1 cm³/mol. The summed E-state index contributed by atoms with van der Waals surface area (Å²) in [6.07, 6.45) is 1.06. The fourth-order valence-corrected chi connectivity index (χ4v) is 2.29. The molecule has 0 aliphatic carbocycles. The van der Waals surface area contributed by atoms with Crippen molar-refractivity contribution in [3.63, 3.8) is 0 Å². The van der Waals surface area contributed by atoms with Crippen LogP contribution in [0, 0.1) is 11.7 Å². The molecule has 1 aromatic carbocycles. The highest BCUT2D eigenvalue weighted by atomic mass is 19.1. The van der Waals surface area contributed by atoms with E-state index in [1.165, 1.54) is 0 Å². The van der Waals surface area contributed by atoms with Gasteiger partial charge in [-0.2, -0.15) is 0 Å². The Morgan fingerprint density at radius 1 is 1.26 bits per heavy atom. The fraction of sp³-hybridized carbons (Fsp3) is 0.625. The average molecular weight is 266 g/mol. The number of nitrogens with zero attached hydrogens (tertiary/aromatic N) is 1. The van der Waals surface area contributed by atoms with Crippen LogP contribution in [0.5, 0.6) is 0 Å². The summed E-state index contributed by atoms with van der Waals surface area (Å²) >= 11 is 0. The van der Waals surface area contributed by atoms with Crippen molar-refractivity contribution in [1.82, 2.24) is 5.32 Å². The first-order valence-electron chi connectivity index (χ1n) is 7.17. The largest absolute Gasteiger partial charge is 0.370 e. The molecule has 1 unspecified atom stereocenters. The average Bonchev–Trinajstić information content (AvgIpc) is 2.34. The molecule has 3 heteroatoms. The molecule has 0 amide bonds. The number of halogens is 1. The molecule has 0 aliphatic rings. The Morgan fingerprint density at radius 2 is 1.95 bits per heavy atom. The van der Waals surface area contributed by atoms with Gasteiger partial charge in [0, 0.05) is 19.6 Å². The fourth-order valence-electron chi connectivity index (χ4n) is 2.29. The van der Waals surface area contributed by atoms with Crippen molar-refractivity contribution in [2.45, 2.75) is 46.7 Å². The molecule has 1 aromatic rings. The SMILES string of the molecule is CCNCc1ccc(N(C)C(C)CC(C)C)c(F)c1. The number of nitrogens with one attached hydrogen (secondary N) is 1. The minimum Gasteiger partial charge on any atom is -0.370 e. The summed E-state index contributed by atoms with van der Waals surface area (Å²) < 4.78 is 14.2. The van der Waals surface area contributed by atoms with E-state index in [0.29, 0.717) is 17.6 Å². The lowest BCUT2D eigenvalue weighted by atomic mass is 10.0. The second-order valence-electron chi connectivity index (χ2n) is 5.66. The first kappa shape index (κ1) is 16.0. The van der Waals surface area contributed by atoms with Gasteiger partial charge in [0.25, 0.3) is 0 Å². The van der Waals surface area contributed by atoms with E-state index in [4.69, 9.17) is 0 Å².